The molecule has 0 saturated heterocycles. The topological polar surface area (TPSA) is 114 Å². The Bertz CT molecular complexity index is 1020. The van der Waals surface area contributed by atoms with E-state index < -0.39 is 28.7 Å². The van der Waals surface area contributed by atoms with Gasteiger partial charge in [-0.05, 0) is 18.6 Å². The van der Waals surface area contributed by atoms with Gasteiger partial charge in [0, 0.05) is 23.8 Å². The van der Waals surface area contributed by atoms with Crippen LogP contribution >= 0.6 is 0 Å². The highest BCUT2D eigenvalue weighted by atomic mass is 16.5. The van der Waals surface area contributed by atoms with Crippen LogP contribution in [0.15, 0.2) is 26.1 Å². The average molecular weight is 302 g/mol. The van der Waals surface area contributed by atoms with Crippen LogP contribution < -0.4 is 15.6 Å². The molecule has 0 unspecified atom stereocenters. The fraction of sp³-hybridized carbons (Fsp3) is 0.133. The third-order valence-corrected chi connectivity index (χ3v) is 3.37. The number of aromatic hydroxyl groups is 2. The van der Waals surface area contributed by atoms with Gasteiger partial charge in [0.1, 0.15) is 16.5 Å². The van der Waals surface area contributed by atoms with Crippen molar-refractivity contribution in [3.63, 3.8) is 0 Å². The Labute approximate surface area is 122 Å². The second-order valence-electron chi connectivity index (χ2n) is 4.87. The van der Waals surface area contributed by atoms with Crippen LogP contribution in [0.4, 0.5) is 0 Å². The van der Waals surface area contributed by atoms with Gasteiger partial charge in [0.15, 0.2) is 10.9 Å². The van der Waals surface area contributed by atoms with E-state index in [9.17, 15) is 24.6 Å². The predicted molar refractivity (Wildman–Crippen MR) is 76.8 cm³/mol. The molecule has 0 aliphatic carbocycles. The molecule has 0 amide bonds. The van der Waals surface area contributed by atoms with Crippen LogP contribution in [-0.4, -0.2) is 16.2 Å². The maximum Gasteiger partial charge on any atom is 0.308 e. The molecular weight excluding hydrogens is 292 g/mol. The molecule has 112 valence electrons. The number of hydrogen-bond acceptors (Lipinski definition) is 7. The highest BCUT2D eigenvalue weighted by Crippen LogP contribution is 2.39. The lowest BCUT2D eigenvalue weighted by Crippen LogP contribution is -2.11. The molecule has 1 heterocycles. The summed E-state index contributed by atoms with van der Waals surface area (Å²) >= 11 is 0. The molecule has 1 aromatic heterocycles. The third-order valence-electron chi connectivity index (χ3n) is 3.37. The molecule has 0 saturated carbocycles. The van der Waals surface area contributed by atoms with Crippen molar-refractivity contribution >= 4 is 27.5 Å². The van der Waals surface area contributed by atoms with Crippen LogP contribution in [0.5, 0.6) is 17.6 Å². The molecule has 22 heavy (non-hydrogen) atoms. The fourth-order valence-corrected chi connectivity index (χ4v) is 2.59. The van der Waals surface area contributed by atoms with Gasteiger partial charge >= 0.3 is 5.97 Å². The highest BCUT2D eigenvalue weighted by molar-refractivity contribution is 6.15. The van der Waals surface area contributed by atoms with Crippen molar-refractivity contribution in [2.24, 2.45) is 0 Å². The summed E-state index contributed by atoms with van der Waals surface area (Å²) in [4.78, 5) is 35.4. The number of carbonyl (C=O) groups is 1. The van der Waals surface area contributed by atoms with Crippen molar-refractivity contribution in [2.45, 2.75) is 13.8 Å². The van der Waals surface area contributed by atoms with E-state index in [0.717, 1.165) is 6.07 Å². The molecule has 0 spiro atoms. The molecule has 0 aliphatic rings. The smallest absolute Gasteiger partial charge is 0.308 e. The minimum absolute atomic E-state index is 0.00926. The maximum absolute atomic E-state index is 12.1. The van der Waals surface area contributed by atoms with Gasteiger partial charge in [-0.25, -0.2) is 0 Å². The molecular formula is C15H10O7. The standard InChI is InChI=1S/C15H10O7/c1-5-3-7(17)11-13-10(5)9(21-6(2)16)4-8(18)12(13)15(20)22-14(11)19/h3-4,19-20H,1-2H3. The van der Waals surface area contributed by atoms with Crippen molar-refractivity contribution in [3.8, 4) is 17.6 Å². The van der Waals surface area contributed by atoms with Crippen LogP contribution in [-0.2, 0) is 4.79 Å². The lowest BCUT2D eigenvalue weighted by atomic mass is 9.97. The number of hydrogen-bond donors (Lipinski definition) is 2. The van der Waals surface area contributed by atoms with Crippen LogP contribution in [0.3, 0.4) is 0 Å². The SMILES string of the molecule is CC(=O)Oc1cc(=O)c2c(O)oc(O)c3c(=O)cc(C)c1c32. The average Bonchev–Trinajstić information content (AvgIpc) is 2.35. The number of benzene rings is 2. The minimum Gasteiger partial charge on any atom is -0.480 e. The molecule has 0 fully saturated rings. The van der Waals surface area contributed by atoms with E-state index in [2.05, 4.69) is 4.42 Å². The lowest BCUT2D eigenvalue weighted by Gasteiger charge is -2.12. The van der Waals surface area contributed by atoms with E-state index >= 15 is 0 Å². The zero-order valence-electron chi connectivity index (χ0n) is 11.6. The Kier molecular flexibility index (Phi) is 2.81. The summed E-state index contributed by atoms with van der Waals surface area (Å²) in [5.74, 6) is -2.30. The molecule has 2 N–H and O–H groups in total. The molecule has 7 heteroatoms. The second-order valence-corrected chi connectivity index (χ2v) is 4.87. The summed E-state index contributed by atoms with van der Waals surface area (Å²) in [5, 5.41) is 19.3. The number of ether oxygens (including phenoxy) is 1. The molecule has 0 bridgehead atoms. The number of esters is 1. The zero-order chi connectivity index (χ0) is 16.2. The number of rotatable bonds is 1. The Morgan fingerprint density at radius 3 is 2.09 bits per heavy atom. The molecule has 2 aromatic carbocycles. The van der Waals surface area contributed by atoms with Gasteiger partial charge < -0.3 is 19.4 Å². The third kappa shape index (κ3) is 1.79. The van der Waals surface area contributed by atoms with Crippen molar-refractivity contribution in [1.82, 2.24) is 0 Å². The summed E-state index contributed by atoms with van der Waals surface area (Å²) < 4.78 is 9.68. The summed E-state index contributed by atoms with van der Waals surface area (Å²) in [6.45, 7) is 2.76. The van der Waals surface area contributed by atoms with Gasteiger partial charge in [0.05, 0.1) is 0 Å². The Morgan fingerprint density at radius 2 is 1.55 bits per heavy atom. The van der Waals surface area contributed by atoms with Crippen molar-refractivity contribution < 1.29 is 24.2 Å². The Balaban J connectivity index is 2.71. The van der Waals surface area contributed by atoms with Gasteiger partial charge in [0.2, 0.25) is 0 Å². The molecule has 0 radical (unpaired) electrons. The lowest BCUT2D eigenvalue weighted by molar-refractivity contribution is -0.131. The van der Waals surface area contributed by atoms with E-state index in [1.807, 2.05) is 0 Å². The highest BCUT2D eigenvalue weighted by Gasteiger charge is 2.23. The molecule has 0 aliphatic heterocycles. The summed E-state index contributed by atoms with van der Waals surface area (Å²) in [6, 6.07) is 2.25. The fourth-order valence-electron chi connectivity index (χ4n) is 2.59. The zero-order valence-corrected chi connectivity index (χ0v) is 11.6. The summed E-state index contributed by atoms with van der Waals surface area (Å²) in [7, 11) is 0. The first-order valence-corrected chi connectivity index (χ1v) is 6.28. The second kappa shape index (κ2) is 4.45. The van der Waals surface area contributed by atoms with Gasteiger partial charge in [-0.15, -0.1) is 0 Å². The minimum atomic E-state index is -0.806. The molecule has 3 aromatic rings. The predicted octanol–water partition coefficient (Wildman–Crippen LogP) is 1.39. The molecule has 0 atom stereocenters. The normalized spacial score (nSPS) is 11.2. The van der Waals surface area contributed by atoms with Crippen LogP contribution in [0.1, 0.15) is 12.5 Å². The first-order valence-electron chi connectivity index (χ1n) is 6.28. The van der Waals surface area contributed by atoms with Crippen molar-refractivity contribution in [3.05, 3.63) is 38.1 Å². The first-order chi connectivity index (χ1) is 10.3. The van der Waals surface area contributed by atoms with E-state index in [0.29, 0.717) is 5.56 Å². The van der Waals surface area contributed by atoms with E-state index in [1.54, 1.807) is 6.92 Å². The van der Waals surface area contributed by atoms with E-state index in [4.69, 9.17) is 4.74 Å². The summed E-state index contributed by atoms with van der Waals surface area (Å²) in [5.41, 5.74) is -0.834. The van der Waals surface area contributed by atoms with Crippen molar-refractivity contribution in [2.75, 3.05) is 0 Å². The number of aryl methyl sites for hydroxylation is 1. The van der Waals surface area contributed by atoms with Gasteiger partial charge in [0.25, 0.3) is 11.9 Å². The molecule has 7 nitrogen and oxygen atoms in total. The quantitative estimate of drug-likeness (QED) is 0.515. The van der Waals surface area contributed by atoms with Gasteiger partial charge in [-0.2, -0.15) is 0 Å². The van der Waals surface area contributed by atoms with E-state index in [-0.39, 0.29) is 27.3 Å². The largest absolute Gasteiger partial charge is 0.480 e. The van der Waals surface area contributed by atoms with E-state index in [1.165, 1.54) is 13.0 Å². The monoisotopic (exact) mass is 302 g/mol. The van der Waals surface area contributed by atoms with Gasteiger partial charge in [-0.1, -0.05) is 0 Å². The Morgan fingerprint density at radius 1 is 1.00 bits per heavy atom. The van der Waals surface area contributed by atoms with Crippen LogP contribution in [0.25, 0.3) is 21.5 Å². The van der Waals surface area contributed by atoms with Crippen LogP contribution in [0, 0.1) is 6.92 Å². The molecule has 3 rings (SSSR count). The van der Waals surface area contributed by atoms with Crippen molar-refractivity contribution in [1.29, 1.82) is 0 Å². The summed E-state index contributed by atoms with van der Waals surface area (Å²) in [6.07, 6.45) is 0. The van der Waals surface area contributed by atoms with Crippen LogP contribution in [0.2, 0.25) is 0 Å². The first kappa shape index (κ1) is 13.9. The Hall–Kier alpha value is -3.09. The van der Waals surface area contributed by atoms with Gasteiger partial charge in [-0.3, -0.25) is 14.4 Å². The maximum atomic E-state index is 12.1. The number of carbonyl (C=O) groups excluding carboxylic acids is 1.